The number of nitrogens with one attached hydrogen (secondary N) is 1. The Morgan fingerprint density at radius 1 is 1.14 bits per heavy atom. The second-order valence-electron chi connectivity index (χ2n) is 8.67. The fourth-order valence-electron chi connectivity index (χ4n) is 6.11. The molecule has 0 aliphatic heterocycles. The molecule has 1 N–H and O–H groups in total. The molecule has 1 aromatic heterocycles. The lowest BCUT2D eigenvalue weighted by atomic mass is 9.49. The highest BCUT2D eigenvalue weighted by Gasteiger charge is 2.55. The maximum atomic E-state index is 13.0. The second-order valence-corrected chi connectivity index (χ2v) is 9.45. The van der Waals surface area contributed by atoms with Gasteiger partial charge in [0.05, 0.1) is 0 Å². The topological polar surface area (TPSA) is 29.1 Å². The number of carbonyl (C=O) groups is 1. The molecule has 0 aromatic carbocycles. The van der Waals surface area contributed by atoms with Crippen molar-refractivity contribution in [3.05, 3.63) is 22.4 Å². The van der Waals surface area contributed by atoms with Crippen molar-refractivity contribution in [3.8, 4) is 0 Å². The predicted octanol–water partition coefficient (Wildman–Crippen LogP) is 4.11. The summed E-state index contributed by atoms with van der Waals surface area (Å²) in [5.41, 5.74) is 1.74. The van der Waals surface area contributed by atoms with E-state index in [0.29, 0.717) is 5.91 Å². The molecule has 5 aliphatic carbocycles. The highest BCUT2D eigenvalue weighted by molar-refractivity contribution is 7.08. The normalized spacial score (nSPS) is 40.6. The number of thiophene rings is 1. The van der Waals surface area contributed by atoms with Gasteiger partial charge in [0, 0.05) is 17.4 Å². The highest BCUT2D eigenvalue weighted by Crippen LogP contribution is 2.60. The van der Waals surface area contributed by atoms with E-state index in [0.717, 1.165) is 24.3 Å². The molecule has 5 fully saturated rings. The molecule has 5 saturated carbocycles. The quantitative estimate of drug-likeness (QED) is 0.890. The number of carbonyl (C=O) groups excluding carboxylic acids is 1. The first-order valence-electron chi connectivity index (χ1n) is 8.99. The Kier molecular flexibility index (Phi) is 2.84. The van der Waals surface area contributed by atoms with E-state index in [-0.39, 0.29) is 10.8 Å². The predicted molar refractivity (Wildman–Crippen MR) is 88.8 cm³/mol. The Morgan fingerprint density at radius 2 is 1.77 bits per heavy atom. The summed E-state index contributed by atoms with van der Waals surface area (Å²) >= 11 is 1.78. The molecule has 3 heteroatoms. The largest absolute Gasteiger partial charge is 0.355 e. The zero-order valence-electron chi connectivity index (χ0n) is 13.1. The molecule has 1 heterocycles. The van der Waals surface area contributed by atoms with Gasteiger partial charge in [-0.1, -0.05) is 0 Å². The summed E-state index contributed by atoms with van der Waals surface area (Å²) in [4.78, 5) is 13.0. The average Bonchev–Trinajstić information content (AvgIpc) is 3.06. The fourth-order valence-corrected chi connectivity index (χ4v) is 6.89. The molecule has 4 bridgehead atoms. The molecule has 2 nitrogen and oxygen atoms in total. The second kappa shape index (κ2) is 4.59. The Bertz CT molecular complexity index is 551. The molecule has 1 aromatic rings. The molecular weight excluding hydrogens is 290 g/mol. The van der Waals surface area contributed by atoms with Gasteiger partial charge in [0.2, 0.25) is 5.91 Å². The molecule has 5 aliphatic rings. The lowest BCUT2D eigenvalue weighted by Gasteiger charge is -2.55. The van der Waals surface area contributed by atoms with Crippen LogP contribution in [0.1, 0.15) is 56.9 Å². The molecule has 1 amide bonds. The first kappa shape index (κ1) is 13.6. The standard InChI is InChI=1S/C19H25NOS/c21-17(20-12-18(2-3-18)16-1-4-22-11-16)19-8-13-5-14(9-19)7-15(6-13)10-19/h1,4,11,13-15H,2-3,5-10,12H2,(H,20,21). The Hall–Kier alpha value is -0.830. The van der Waals surface area contributed by atoms with Crippen molar-refractivity contribution in [3.63, 3.8) is 0 Å². The van der Waals surface area contributed by atoms with Crippen molar-refractivity contribution in [1.29, 1.82) is 0 Å². The van der Waals surface area contributed by atoms with E-state index >= 15 is 0 Å². The molecule has 0 atom stereocenters. The third kappa shape index (κ3) is 2.01. The van der Waals surface area contributed by atoms with Crippen LogP contribution in [0.5, 0.6) is 0 Å². The third-order valence-electron chi connectivity index (χ3n) is 7.09. The zero-order chi connectivity index (χ0) is 14.8. The minimum absolute atomic E-state index is 0.0134. The van der Waals surface area contributed by atoms with E-state index < -0.39 is 0 Å². The van der Waals surface area contributed by atoms with Gasteiger partial charge in [-0.25, -0.2) is 0 Å². The van der Waals surface area contributed by atoms with Crippen LogP contribution in [0.4, 0.5) is 0 Å². The maximum Gasteiger partial charge on any atom is 0.226 e. The van der Waals surface area contributed by atoms with Gasteiger partial charge in [0.15, 0.2) is 0 Å². The van der Waals surface area contributed by atoms with Crippen LogP contribution in [-0.2, 0) is 10.2 Å². The summed E-state index contributed by atoms with van der Waals surface area (Å²) in [5, 5.41) is 7.83. The molecule has 0 radical (unpaired) electrons. The van der Waals surface area contributed by atoms with E-state index in [4.69, 9.17) is 0 Å². The van der Waals surface area contributed by atoms with Crippen molar-refractivity contribution >= 4 is 17.2 Å². The van der Waals surface area contributed by atoms with Gasteiger partial charge in [-0.2, -0.15) is 11.3 Å². The maximum absolute atomic E-state index is 13.0. The van der Waals surface area contributed by atoms with E-state index in [1.807, 2.05) is 0 Å². The van der Waals surface area contributed by atoms with Crippen LogP contribution in [0.15, 0.2) is 16.8 Å². The summed E-state index contributed by atoms with van der Waals surface area (Å²) in [5.74, 6) is 2.95. The number of rotatable bonds is 4. The molecule has 0 unspecified atom stereocenters. The van der Waals surface area contributed by atoms with E-state index in [1.54, 1.807) is 11.3 Å². The Balaban J connectivity index is 1.30. The van der Waals surface area contributed by atoms with Crippen LogP contribution in [0, 0.1) is 23.2 Å². The van der Waals surface area contributed by atoms with Gasteiger partial charge < -0.3 is 5.32 Å². The SMILES string of the molecule is O=C(NCC1(c2ccsc2)CC1)C12CC3CC(CC(C3)C1)C2. The summed E-state index contributed by atoms with van der Waals surface area (Å²) < 4.78 is 0. The fraction of sp³-hybridized carbons (Fsp3) is 0.737. The first-order chi connectivity index (χ1) is 10.7. The van der Waals surface area contributed by atoms with Gasteiger partial charge >= 0.3 is 0 Å². The average molecular weight is 315 g/mol. The molecular formula is C19H25NOS. The zero-order valence-corrected chi connectivity index (χ0v) is 14.0. The van der Waals surface area contributed by atoms with Crippen molar-refractivity contribution in [2.75, 3.05) is 6.54 Å². The van der Waals surface area contributed by atoms with Gasteiger partial charge in [-0.3, -0.25) is 4.79 Å². The van der Waals surface area contributed by atoms with Crippen molar-refractivity contribution < 1.29 is 4.79 Å². The van der Waals surface area contributed by atoms with Crippen LogP contribution in [0.2, 0.25) is 0 Å². The van der Waals surface area contributed by atoms with Crippen LogP contribution in [-0.4, -0.2) is 12.5 Å². The monoisotopic (exact) mass is 315 g/mol. The minimum Gasteiger partial charge on any atom is -0.355 e. The number of hydrogen-bond donors (Lipinski definition) is 1. The third-order valence-corrected chi connectivity index (χ3v) is 7.78. The Labute approximate surface area is 136 Å². The van der Waals surface area contributed by atoms with Crippen LogP contribution in [0.3, 0.4) is 0 Å². The molecule has 6 rings (SSSR count). The van der Waals surface area contributed by atoms with Crippen LogP contribution < -0.4 is 5.32 Å². The van der Waals surface area contributed by atoms with E-state index in [1.165, 1.54) is 56.9 Å². The smallest absolute Gasteiger partial charge is 0.226 e. The van der Waals surface area contributed by atoms with Gasteiger partial charge in [0.1, 0.15) is 0 Å². The van der Waals surface area contributed by atoms with Crippen molar-refractivity contribution in [1.82, 2.24) is 5.32 Å². The summed E-state index contributed by atoms with van der Waals surface area (Å²) in [7, 11) is 0. The molecule has 0 spiro atoms. The minimum atomic E-state index is 0.0134. The van der Waals surface area contributed by atoms with Gasteiger partial charge in [-0.15, -0.1) is 0 Å². The summed E-state index contributed by atoms with van der Waals surface area (Å²) in [6.45, 7) is 0.865. The summed E-state index contributed by atoms with van der Waals surface area (Å²) in [6, 6.07) is 2.24. The lowest BCUT2D eigenvalue weighted by molar-refractivity contribution is -0.146. The lowest BCUT2D eigenvalue weighted by Crippen LogP contribution is -2.54. The number of hydrogen-bond acceptors (Lipinski definition) is 2. The highest BCUT2D eigenvalue weighted by atomic mass is 32.1. The molecule has 22 heavy (non-hydrogen) atoms. The van der Waals surface area contributed by atoms with Gasteiger partial charge in [0.25, 0.3) is 0 Å². The summed E-state index contributed by atoms with van der Waals surface area (Å²) in [6.07, 6.45) is 10.2. The van der Waals surface area contributed by atoms with Gasteiger partial charge in [-0.05, 0) is 91.5 Å². The Morgan fingerprint density at radius 3 is 2.27 bits per heavy atom. The first-order valence-corrected chi connectivity index (χ1v) is 9.93. The van der Waals surface area contributed by atoms with E-state index in [2.05, 4.69) is 22.1 Å². The van der Waals surface area contributed by atoms with Crippen molar-refractivity contribution in [2.45, 2.75) is 56.8 Å². The van der Waals surface area contributed by atoms with Crippen LogP contribution >= 0.6 is 11.3 Å². The molecule has 118 valence electrons. The number of amides is 1. The van der Waals surface area contributed by atoms with E-state index in [9.17, 15) is 4.79 Å². The van der Waals surface area contributed by atoms with Crippen molar-refractivity contribution in [2.24, 2.45) is 23.2 Å². The van der Waals surface area contributed by atoms with Crippen LogP contribution in [0.25, 0.3) is 0 Å². The molecule has 0 saturated heterocycles.